The molecule has 0 amide bonds. The van der Waals surface area contributed by atoms with Gasteiger partial charge in [-0.25, -0.2) is 61.5 Å². The maximum Gasteiger partial charge on any atom is 0.460 e. The van der Waals surface area contributed by atoms with Crippen LogP contribution in [0.5, 0.6) is 0 Å². The Bertz CT molecular complexity index is 925. The first kappa shape index (κ1) is 39.5. The highest BCUT2D eigenvalue weighted by Gasteiger charge is 2.71. The van der Waals surface area contributed by atoms with E-state index < -0.39 is 108 Å². The van der Waals surface area contributed by atoms with Gasteiger partial charge in [-0.2, -0.15) is 34.8 Å². The molecule has 248 valence electrons. The van der Waals surface area contributed by atoms with E-state index in [9.17, 15) is 96.2 Å². The minimum absolute atomic E-state index is 1.99. The van der Waals surface area contributed by atoms with Crippen molar-refractivity contribution >= 4 is 10.1 Å². The number of ether oxygens (including phenoxy) is 1. The van der Waals surface area contributed by atoms with Crippen LogP contribution in [0.15, 0.2) is 0 Å². The van der Waals surface area contributed by atoms with E-state index in [1.165, 1.54) is 0 Å². The monoisotopic (exact) mass is 682 g/mol. The lowest BCUT2D eigenvalue weighted by Crippen LogP contribution is -2.56. The van der Waals surface area contributed by atoms with Gasteiger partial charge in [0.15, 0.2) is 61.7 Å². The Morgan fingerprint density at radius 3 is 1.02 bits per heavy atom. The number of alkyl halides is 20. The molecule has 1 N–H and O–H groups in total. The van der Waals surface area contributed by atoms with E-state index >= 15 is 0 Å². The Morgan fingerprint density at radius 2 is 0.756 bits per heavy atom. The molecular weight excluding hydrogens is 668 g/mol. The van der Waals surface area contributed by atoms with Crippen molar-refractivity contribution in [3.63, 3.8) is 0 Å². The molecule has 0 rings (SSSR count). The quantitative estimate of drug-likeness (QED) is 0.151. The van der Waals surface area contributed by atoms with Crippen molar-refractivity contribution in [1.82, 2.24) is 0 Å². The van der Waals surface area contributed by atoms with Gasteiger partial charge in [-0.3, -0.25) is 9.29 Å². The molecule has 0 aliphatic carbocycles. The molecule has 41 heavy (non-hydrogen) atoms. The molecule has 12 atom stereocenters. The van der Waals surface area contributed by atoms with Gasteiger partial charge in [-0.15, -0.1) is 0 Å². The van der Waals surface area contributed by atoms with Gasteiger partial charge < -0.3 is 0 Å². The minimum atomic E-state index is -7.29. The lowest BCUT2D eigenvalue weighted by Gasteiger charge is -2.32. The average molecular weight is 682 g/mol. The van der Waals surface area contributed by atoms with Crippen molar-refractivity contribution in [2.24, 2.45) is 0 Å². The van der Waals surface area contributed by atoms with Gasteiger partial charge in [0.05, 0.1) is 0 Å². The van der Waals surface area contributed by atoms with E-state index in [1.54, 1.807) is 0 Å². The van der Waals surface area contributed by atoms with Crippen molar-refractivity contribution in [1.29, 1.82) is 0 Å². The highest BCUT2D eigenvalue weighted by Crippen LogP contribution is 2.44. The molecule has 0 aromatic rings. The third-order valence-corrected chi connectivity index (χ3v) is 5.73. The standard InChI is InChI=1S/C16H14F20O4S/c17-1(2(18)4(20)6(22)8(24)10(26)12(28)29)3(19)5(21)7(23)9(25)11(27)14(31,32)13(30)40-15(33,34)16(35,36)41(37,38)39/h1-13H,(H,37,38,39). The van der Waals surface area contributed by atoms with Crippen LogP contribution in [0.2, 0.25) is 0 Å². The van der Waals surface area contributed by atoms with Crippen LogP contribution < -0.4 is 0 Å². The maximum atomic E-state index is 13.7. The van der Waals surface area contributed by atoms with Gasteiger partial charge >= 0.3 is 27.4 Å². The van der Waals surface area contributed by atoms with Crippen LogP contribution in [0.1, 0.15) is 0 Å². The largest absolute Gasteiger partial charge is 0.460 e. The summed E-state index contributed by atoms with van der Waals surface area (Å²) < 4.78 is 295. The molecule has 4 nitrogen and oxygen atoms in total. The Labute approximate surface area is 214 Å². The second kappa shape index (κ2) is 13.8. The van der Waals surface area contributed by atoms with Crippen LogP contribution in [0.3, 0.4) is 0 Å². The highest BCUT2D eigenvalue weighted by molar-refractivity contribution is 7.86. The molecule has 0 bridgehead atoms. The molecule has 0 aliphatic heterocycles. The molecule has 0 heterocycles. The molecule has 0 aromatic heterocycles. The van der Waals surface area contributed by atoms with Crippen LogP contribution in [0, 0.1) is 0 Å². The van der Waals surface area contributed by atoms with E-state index in [1.807, 2.05) is 4.74 Å². The summed E-state index contributed by atoms with van der Waals surface area (Å²) in [5.41, 5.74) is 0. The van der Waals surface area contributed by atoms with Gasteiger partial charge in [-0.1, -0.05) is 0 Å². The third kappa shape index (κ3) is 8.53. The maximum absolute atomic E-state index is 13.7. The molecular formula is C16H14F20O4S. The summed E-state index contributed by atoms with van der Waals surface area (Å²) in [6, 6.07) is 0. The van der Waals surface area contributed by atoms with Crippen LogP contribution in [0.25, 0.3) is 0 Å². The molecule has 0 aliphatic rings. The van der Waals surface area contributed by atoms with Gasteiger partial charge in [-0.05, 0) is 0 Å². The van der Waals surface area contributed by atoms with Gasteiger partial charge in [0.2, 0.25) is 6.17 Å². The van der Waals surface area contributed by atoms with E-state index in [0.717, 1.165) is 0 Å². The minimum Gasteiger partial charge on any atom is -0.281 e. The average Bonchev–Trinajstić information content (AvgIpc) is 2.86. The summed E-state index contributed by atoms with van der Waals surface area (Å²) in [5, 5.41) is -6.95. The summed E-state index contributed by atoms with van der Waals surface area (Å²) >= 11 is 0. The van der Waals surface area contributed by atoms with Crippen LogP contribution in [0.4, 0.5) is 87.8 Å². The molecule has 0 radical (unpaired) electrons. The van der Waals surface area contributed by atoms with E-state index in [0.29, 0.717) is 0 Å². The van der Waals surface area contributed by atoms with Gasteiger partial charge in [0.1, 0.15) is 0 Å². The van der Waals surface area contributed by atoms with Crippen molar-refractivity contribution in [3.05, 3.63) is 0 Å². The summed E-state index contributed by atoms with van der Waals surface area (Å²) in [4.78, 5) is 0. The molecule has 0 aromatic carbocycles. The van der Waals surface area contributed by atoms with Crippen molar-refractivity contribution in [3.8, 4) is 0 Å². The Kier molecular flexibility index (Phi) is 13.3. The zero-order valence-corrected chi connectivity index (χ0v) is 19.5. The first-order chi connectivity index (χ1) is 18.1. The van der Waals surface area contributed by atoms with Gasteiger partial charge in [0, 0.05) is 0 Å². The number of rotatable bonds is 17. The molecule has 0 saturated carbocycles. The van der Waals surface area contributed by atoms with Crippen LogP contribution >= 0.6 is 0 Å². The van der Waals surface area contributed by atoms with Crippen LogP contribution in [-0.2, 0) is 14.9 Å². The summed E-state index contributed by atoms with van der Waals surface area (Å²) in [5.74, 6) is -6.67. The zero-order chi connectivity index (χ0) is 33.2. The third-order valence-electron chi connectivity index (χ3n) is 4.84. The summed E-state index contributed by atoms with van der Waals surface area (Å²) in [6.07, 6.45) is -68.4. The molecule has 0 fully saturated rings. The zero-order valence-electron chi connectivity index (χ0n) is 18.6. The lowest BCUT2D eigenvalue weighted by molar-refractivity contribution is -0.384. The lowest BCUT2D eigenvalue weighted by atomic mass is 9.94. The second-order valence-corrected chi connectivity index (χ2v) is 9.26. The van der Waals surface area contributed by atoms with Gasteiger partial charge in [0.25, 0.3) is 12.8 Å². The predicted molar refractivity (Wildman–Crippen MR) is 92.2 cm³/mol. The number of hydrogen-bond acceptors (Lipinski definition) is 3. The number of halogens is 20. The Morgan fingerprint density at radius 1 is 0.488 bits per heavy atom. The van der Waals surface area contributed by atoms with Crippen LogP contribution in [-0.4, -0.2) is 111 Å². The van der Waals surface area contributed by atoms with E-state index in [4.69, 9.17) is 4.55 Å². The smallest absolute Gasteiger partial charge is 0.281 e. The summed E-state index contributed by atoms with van der Waals surface area (Å²) in [7, 11) is -7.29. The van der Waals surface area contributed by atoms with Crippen molar-refractivity contribution in [2.45, 2.75) is 98.0 Å². The fourth-order valence-electron chi connectivity index (χ4n) is 2.47. The molecule has 25 heteroatoms. The van der Waals surface area contributed by atoms with E-state index in [2.05, 4.69) is 0 Å². The fraction of sp³-hybridized carbons (Fsp3) is 1.00. The topological polar surface area (TPSA) is 63.6 Å². The van der Waals surface area contributed by atoms with E-state index in [-0.39, 0.29) is 0 Å². The second-order valence-electron chi connectivity index (χ2n) is 7.80. The van der Waals surface area contributed by atoms with Crippen molar-refractivity contribution in [2.75, 3.05) is 0 Å². The molecule has 0 saturated heterocycles. The normalized spacial score (nSPS) is 23.1. The fourth-order valence-corrected chi connectivity index (χ4v) is 2.82. The predicted octanol–water partition coefficient (Wildman–Crippen LogP) is 5.99. The van der Waals surface area contributed by atoms with Crippen molar-refractivity contribution < 1.29 is 106 Å². The SMILES string of the molecule is O=S(=O)(O)C(F)(F)C(F)(F)OC(F)C(F)(F)C(F)C(F)C(F)C(F)C(F)C(F)C(F)C(F)C(F)C(F)C(F)C(F)F. The highest BCUT2D eigenvalue weighted by atomic mass is 32.2. The Balaban J connectivity index is 5.68. The number of hydrogen-bond donors (Lipinski definition) is 1. The Hall–Kier alpha value is -1.53. The summed E-state index contributed by atoms with van der Waals surface area (Å²) in [6.45, 7) is 0. The molecule has 0 spiro atoms. The first-order valence-corrected chi connectivity index (χ1v) is 11.3. The molecule has 12 unspecified atom stereocenters. The first-order valence-electron chi connectivity index (χ1n) is 9.84.